The van der Waals surface area contributed by atoms with Crippen molar-refractivity contribution in [3.63, 3.8) is 0 Å². The predicted octanol–water partition coefficient (Wildman–Crippen LogP) is 3.38. The minimum Gasteiger partial charge on any atom is -0.493 e. The molecule has 0 aliphatic carbocycles. The van der Waals surface area contributed by atoms with E-state index in [4.69, 9.17) is 23.7 Å². The summed E-state index contributed by atoms with van der Waals surface area (Å²) in [5.74, 6) is -0.105. The van der Waals surface area contributed by atoms with Crippen molar-refractivity contribution in [1.29, 1.82) is 0 Å². The van der Waals surface area contributed by atoms with Gasteiger partial charge in [-0.05, 0) is 39.0 Å². The summed E-state index contributed by atoms with van der Waals surface area (Å²) in [6, 6.07) is 4.96. The summed E-state index contributed by atoms with van der Waals surface area (Å²) in [5, 5.41) is 0. The van der Waals surface area contributed by atoms with E-state index in [2.05, 4.69) is 0 Å². The van der Waals surface area contributed by atoms with Crippen LogP contribution in [-0.2, 0) is 9.47 Å². The number of rotatable bonds is 10. The normalized spacial score (nSPS) is 11.7. The number of aryl methyl sites for hydroxylation is 1. The largest absolute Gasteiger partial charge is 0.493 e. The molecule has 8 nitrogen and oxygen atoms in total. The van der Waals surface area contributed by atoms with Gasteiger partial charge in [0.2, 0.25) is 11.5 Å². The van der Waals surface area contributed by atoms with Gasteiger partial charge in [-0.25, -0.2) is 4.79 Å². The maximum atomic E-state index is 12.7. The van der Waals surface area contributed by atoms with Gasteiger partial charge in [0, 0.05) is 24.1 Å². The van der Waals surface area contributed by atoms with Crippen molar-refractivity contribution in [2.24, 2.45) is 0 Å². The molecule has 0 saturated heterocycles. The van der Waals surface area contributed by atoms with Gasteiger partial charge >= 0.3 is 5.97 Å². The van der Waals surface area contributed by atoms with E-state index in [-0.39, 0.29) is 35.5 Å². The fourth-order valence-electron chi connectivity index (χ4n) is 3.60. The third-order valence-electron chi connectivity index (χ3n) is 4.89. The zero-order valence-corrected chi connectivity index (χ0v) is 18.5. The first-order chi connectivity index (χ1) is 14.3. The molecular formula is C22H29NO7. The molecule has 0 bridgehead atoms. The van der Waals surface area contributed by atoms with E-state index in [9.17, 15) is 9.59 Å². The molecule has 0 saturated carbocycles. The smallest absolute Gasteiger partial charge is 0.342 e. The maximum Gasteiger partial charge on any atom is 0.342 e. The van der Waals surface area contributed by atoms with E-state index >= 15 is 0 Å². The van der Waals surface area contributed by atoms with Crippen molar-refractivity contribution in [2.75, 3.05) is 41.7 Å². The van der Waals surface area contributed by atoms with Gasteiger partial charge in [0.05, 0.1) is 34.0 Å². The van der Waals surface area contributed by atoms with Gasteiger partial charge in [-0.15, -0.1) is 0 Å². The number of nitrogens with zero attached hydrogens (tertiary/aromatic N) is 1. The molecule has 1 heterocycles. The molecule has 2 aromatic rings. The summed E-state index contributed by atoms with van der Waals surface area (Å²) >= 11 is 0. The highest BCUT2D eigenvalue weighted by Crippen LogP contribution is 2.40. The Morgan fingerprint density at radius 3 is 2.20 bits per heavy atom. The van der Waals surface area contributed by atoms with Gasteiger partial charge in [0.15, 0.2) is 18.1 Å². The topological polar surface area (TPSA) is 85.2 Å². The highest BCUT2D eigenvalue weighted by molar-refractivity contribution is 6.01. The van der Waals surface area contributed by atoms with Gasteiger partial charge < -0.3 is 28.3 Å². The number of carbonyl (C=O) groups is 2. The van der Waals surface area contributed by atoms with Gasteiger partial charge in [-0.1, -0.05) is 0 Å². The number of benzene rings is 1. The summed E-state index contributed by atoms with van der Waals surface area (Å²) in [6.07, 6.45) is 0. The van der Waals surface area contributed by atoms with Crippen molar-refractivity contribution in [2.45, 2.75) is 26.8 Å². The standard InChI is InChI=1S/C22H29NO7/c1-13-10-17(15(3)23(13)14(2)11-26-4)18(24)12-30-22(25)16-8-9-19(27-5)21(29-7)20(16)28-6/h8-10,14H,11-12H2,1-7H3/t14-/m1/s1. The Balaban J connectivity index is 2.20. The Kier molecular flexibility index (Phi) is 7.88. The second-order valence-electron chi connectivity index (χ2n) is 6.84. The quantitative estimate of drug-likeness (QED) is 0.431. The van der Waals surface area contributed by atoms with Crippen LogP contribution in [0.15, 0.2) is 18.2 Å². The van der Waals surface area contributed by atoms with Crippen molar-refractivity contribution < 1.29 is 33.3 Å². The lowest BCUT2D eigenvalue weighted by Gasteiger charge is -2.17. The minimum atomic E-state index is -0.692. The molecule has 2 rings (SSSR count). The molecular weight excluding hydrogens is 390 g/mol. The highest BCUT2D eigenvalue weighted by atomic mass is 16.5. The van der Waals surface area contributed by atoms with Gasteiger partial charge in [0.25, 0.3) is 0 Å². The molecule has 0 unspecified atom stereocenters. The average molecular weight is 419 g/mol. The molecule has 164 valence electrons. The van der Waals surface area contributed by atoms with Crippen LogP contribution < -0.4 is 14.2 Å². The zero-order chi connectivity index (χ0) is 22.4. The molecule has 1 aromatic carbocycles. The zero-order valence-electron chi connectivity index (χ0n) is 18.5. The molecule has 0 fully saturated rings. The number of hydrogen-bond acceptors (Lipinski definition) is 7. The lowest BCUT2D eigenvalue weighted by molar-refractivity contribution is 0.0470. The van der Waals surface area contributed by atoms with E-state index in [0.717, 1.165) is 11.4 Å². The predicted molar refractivity (Wildman–Crippen MR) is 111 cm³/mol. The molecule has 0 radical (unpaired) electrons. The van der Waals surface area contributed by atoms with Crippen molar-refractivity contribution in [3.05, 3.63) is 40.7 Å². The number of methoxy groups -OCH3 is 4. The molecule has 0 N–H and O–H groups in total. The maximum absolute atomic E-state index is 12.7. The average Bonchev–Trinajstić information content (AvgIpc) is 3.04. The number of ketones is 1. The molecule has 1 aromatic heterocycles. The van der Waals surface area contributed by atoms with Gasteiger partial charge in [-0.2, -0.15) is 0 Å². The summed E-state index contributed by atoms with van der Waals surface area (Å²) in [4.78, 5) is 25.3. The van der Waals surface area contributed by atoms with Crippen LogP contribution in [0.2, 0.25) is 0 Å². The van der Waals surface area contributed by atoms with E-state index in [0.29, 0.717) is 17.9 Å². The third-order valence-corrected chi connectivity index (χ3v) is 4.89. The Bertz CT molecular complexity index is 917. The lowest BCUT2D eigenvalue weighted by Crippen LogP contribution is -2.17. The first-order valence-corrected chi connectivity index (χ1v) is 9.47. The van der Waals surface area contributed by atoms with E-state index in [1.807, 2.05) is 25.3 Å². The number of aromatic nitrogens is 1. The van der Waals surface area contributed by atoms with Crippen LogP contribution in [0, 0.1) is 13.8 Å². The second kappa shape index (κ2) is 10.2. The Morgan fingerprint density at radius 2 is 1.63 bits per heavy atom. The van der Waals surface area contributed by atoms with Crippen LogP contribution >= 0.6 is 0 Å². The summed E-state index contributed by atoms with van der Waals surface area (Å²) in [5.41, 5.74) is 2.40. The van der Waals surface area contributed by atoms with Crippen LogP contribution in [0.25, 0.3) is 0 Å². The first-order valence-electron chi connectivity index (χ1n) is 9.47. The molecule has 0 aliphatic heterocycles. The number of ether oxygens (including phenoxy) is 5. The van der Waals surface area contributed by atoms with Crippen molar-refractivity contribution in [3.8, 4) is 17.2 Å². The second-order valence-corrected chi connectivity index (χ2v) is 6.84. The molecule has 0 spiro atoms. The van der Waals surface area contributed by atoms with E-state index in [1.54, 1.807) is 19.2 Å². The third kappa shape index (κ3) is 4.59. The lowest BCUT2D eigenvalue weighted by atomic mass is 10.1. The monoisotopic (exact) mass is 419 g/mol. The number of carbonyl (C=O) groups excluding carboxylic acids is 2. The fourth-order valence-corrected chi connectivity index (χ4v) is 3.60. The van der Waals surface area contributed by atoms with Crippen LogP contribution in [0.4, 0.5) is 0 Å². The highest BCUT2D eigenvalue weighted by Gasteiger charge is 2.24. The van der Waals surface area contributed by atoms with E-state index in [1.165, 1.54) is 27.4 Å². The first kappa shape index (κ1) is 23.3. The van der Waals surface area contributed by atoms with Crippen LogP contribution in [-0.4, -0.2) is 58.0 Å². The number of esters is 1. The van der Waals surface area contributed by atoms with Crippen LogP contribution in [0.1, 0.15) is 45.1 Å². The van der Waals surface area contributed by atoms with Crippen molar-refractivity contribution >= 4 is 11.8 Å². The minimum absolute atomic E-state index is 0.0788. The van der Waals surface area contributed by atoms with Crippen molar-refractivity contribution in [1.82, 2.24) is 4.57 Å². The number of Topliss-reactive ketones (excluding diaryl/α,β-unsaturated/α-hetero) is 1. The Morgan fingerprint density at radius 1 is 0.967 bits per heavy atom. The number of hydrogen-bond donors (Lipinski definition) is 0. The summed E-state index contributed by atoms with van der Waals surface area (Å²) in [6.45, 7) is 5.94. The Hall–Kier alpha value is -3.00. The van der Waals surface area contributed by atoms with Crippen LogP contribution in [0.3, 0.4) is 0 Å². The van der Waals surface area contributed by atoms with Gasteiger partial charge in [0.1, 0.15) is 5.56 Å². The molecule has 0 aliphatic rings. The molecule has 30 heavy (non-hydrogen) atoms. The molecule has 8 heteroatoms. The summed E-state index contributed by atoms with van der Waals surface area (Å²) < 4.78 is 28.3. The van der Waals surface area contributed by atoms with Crippen LogP contribution in [0.5, 0.6) is 17.2 Å². The SMILES string of the molecule is COC[C@@H](C)n1c(C)cc(C(=O)COC(=O)c2ccc(OC)c(OC)c2OC)c1C. The summed E-state index contributed by atoms with van der Waals surface area (Å²) in [7, 11) is 5.98. The van der Waals surface area contributed by atoms with E-state index < -0.39 is 5.97 Å². The fraction of sp³-hybridized carbons (Fsp3) is 0.455. The molecule has 1 atom stereocenters. The molecule has 0 amide bonds. The van der Waals surface area contributed by atoms with Gasteiger partial charge in [-0.3, -0.25) is 4.79 Å². The Labute approximate surface area is 176 Å².